The molecule has 2 aromatic heterocycles. The van der Waals surface area contributed by atoms with Gasteiger partial charge >= 0.3 is 0 Å². The molecule has 1 aromatic carbocycles. The number of aromatic nitrogens is 2. The number of aromatic amines is 1. The summed E-state index contributed by atoms with van der Waals surface area (Å²) in [5, 5.41) is 3.73. The SMILES string of the molecule is CN(C)S(=O)(=O)c1cccc(C(=O)NCC(=O)N2CCC(c3c[nH]c4ncccc34)CC2)c1. The zero-order valence-corrected chi connectivity index (χ0v) is 19.4. The number of nitrogens with one attached hydrogen (secondary N) is 2. The average Bonchev–Trinajstić information content (AvgIpc) is 3.26. The molecule has 0 radical (unpaired) electrons. The first kappa shape index (κ1) is 22.9. The Labute approximate surface area is 192 Å². The second-order valence-electron chi connectivity index (χ2n) is 8.30. The summed E-state index contributed by atoms with van der Waals surface area (Å²) in [6, 6.07) is 9.77. The van der Waals surface area contributed by atoms with Gasteiger partial charge in [-0.15, -0.1) is 0 Å². The van der Waals surface area contributed by atoms with E-state index in [1.54, 1.807) is 11.1 Å². The monoisotopic (exact) mass is 469 g/mol. The first-order valence-corrected chi connectivity index (χ1v) is 12.2. The molecule has 2 amide bonds. The van der Waals surface area contributed by atoms with Gasteiger partial charge in [0.05, 0.1) is 11.4 Å². The van der Waals surface area contributed by atoms with Crippen LogP contribution in [0.3, 0.4) is 0 Å². The molecule has 3 aromatic rings. The quantitative estimate of drug-likeness (QED) is 0.573. The van der Waals surface area contributed by atoms with Crippen LogP contribution in [0.25, 0.3) is 11.0 Å². The summed E-state index contributed by atoms with van der Waals surface area (Å²) in [5.74, 6) is -0.289. The Balaban J connectivity index is 1.32. The summed E-state index contributed by atoms with van der Waals surface area (Å²) in [6.45, 7) is 1.09. The highest BCUT2D eigenvalue weighted by Crippen LogP contribution is 2.32. The lowest BCUT2D eigenvalue weighted by Gasteiger charge is -2.32. The molecule has 1 fully saturated rings. The van der Waals surface area contributed by atoms with Crippen LogP contribution < -0.4 is 5.32 Å². The van der Waals surface area contributed by atoms with Crippen LogP contribution >= 0.6 is 0 Å². The first-order valence-electron chi connectivity index (χ1n) is 10.8. The Morgan fingerprint density at radius 2 is 1.94 bits per heavy atom. The number of sulfonamides is 1. The van der Waals surface area contributed by atoms with Crippen LogP contribution in [0.4, 0.5) is 0 Å². The fourth-order valence-corrected chi connectivity index (χ4v) is 5.08. The average molecular weight is 470 g/mol. The van der Waals surface area contributed by atoms with Gasteiger partial charge < -0.3 is 15.2 Å². The van der Waals surface area contributed by atoms with E-state index in [1.807, 2.05) is 12.3 Å². The number of carbonyl (C=O) groups is 2. The molecule has 4 rings (SSSR count). The molecule has 2 N–H and O–H groups in total. The minimum Gasteiger partial charge on any atom is -0.346 e. The van der Waals surface area contributed by atoms with Crippen molar-refractivity contribution < 1.29 is 18.0 Å². The van der Waals surface area contributed by atoms with Crippen molar-refractivity contribution in [3.63, 3.8) is 0 Å². The van der Waals surface area contributed by atoms with Crippen molar-refractivity contribution in [1.29, 1.82) is 0 Å². The molecule has 1 aliphatic heterocycles. The van der Waals surface area contributed by atoms with Crippen molar-refractivity contribution in [3.8, 4) is 0 Å². The van der Waals surface area contributed by atoms with E-state index in [1.165, 1.54) is 43.9 Å². The molecule has 0 atom stereocenters. The fraction of sp³-hybridized carbons (Fsp3) is 0.348. The molecule has 1 aliphatic rings. The first-order chi connectivity index (χ1) is 15.8. The Morgan fingerprint density at radius 1 is 1.18 bits per heavy atom. The van der Waals surface area contributed by atoms with E-state index in [0.717, 1.165) is 28.2 Å². The van der Waals surface area contributed by atoms with Crippen molar-refractivity contribution in [2.24, 2.45) is 0 Å². The maximum absolute atomic E-state index is 12.6. The molecule has 3 heterocycles. The largest absolute Gasteiger partial charge is 0.346 e. The van der Waals surface area contributed by atoms with Crippen molar-refractivity contribution in [2.45, 2.75) is 23.7 Å². The van der Waals surface area contributed by atoms with Crippen LogP contribution in [-0.4, -0.2) is 73.1 Å². The van der Waals surface area contributed by atoms with E-state index in [-0.39, 0.29) is 22.9 Å². The topological polar surface area (TPSA) is 115 Å². The fourth-order valence-electron chi connectivity index (χ4n) is 4.13. The number of piperidine rings is 1. The number of hydrogen-bond donors (Lipinski definition) is 2. The van der Waals surface area contributed by atoms with Gasteiger partial charge in [0.2, 0.25) is 15.9 Å². The van der Waals surface area contributed by atoms with Gasteiger partial charge in [-0.2, -0.15) is 0 Å². The van der Waals surface area contributed by atoms with Crippen molar-refractivity contribution in [1.82, 2.24) is 24.5 Å². The minimum absolute atomic E-state index is 0.0287. The number of hydrogen-bond acceptors (Lipinski definition) is 5. The maximum Gasteiger partial charge on any atom is 0.251 e. The lowest BCUT2D eigenvalue weighted by molar-refractivity contribution is -0.131. The molecule has 0 spiro atoms. The molecule has 0 aliphatic carbocycles. The Bertz CT molecular complexity index is 1280. The van der Waals surface area contributed by atoms with Gasteiger partial charge in [-0.25, -0.2) is 17.7 Å². The van der Waals surface area contributed by atoms with E-state index >= 15 is 0 Å². The van der Waals surface area contributed by atoms with Crippen LogP contribution in [0.2, 0.25) is 0 Å². The highest BCUT2D eigenvalue weighted by molar-refractivity contribution is 7.89. The number of likely N-dealkylation sites (tertiary alicyclic amines) is 1. The van der Waals surface area contributed by atoms with Gasteiger partial charge in [-0.05, 0) is 54.7 Å². The lowest BCUT2D eigenvalue weighted by atomic mass is 9.89. The van der Waals surface area contributed by atoms with Gasteiger partial charge in [0.1, 0.15) is 5.65 Å². The number of benzene rings is 1. The van der Waals surface area contributed by atoms with Gasteiger partial charge in [0.15, 0.2) is 0 Å². The number of fused-ring (bicyclic) bond motifs is 1. The third-order valence-electron chi connectivity index (χ3n) is 6.05. The zero-order valence-electron chi connectivity index (χ0n) is 18.6. The molecule has 0 saturated carbocycles. The van der Waals surface area contributed by atoms with E-state index in [2.05, 4.69) is 21.4 Å². The third kappa shape index (κ3) is 4.76. The number of H-pyrrole nitrogens is 1. The molecular formula is C23H27N5O4S. The Hall–Kier alpha value is -3.24. The van der Waals surface area contributed by atoms with Crippen LogP contribution in [0.15, 0.2) is 53.7 Å². The van der Waals surface area contributed by atoms with Gasteiger partial charge in [-0.1, -0.05) is 6.07 Å². The highest BCUT2D eigenvalue weighted by atomic mass is 32.2. The molecule has 1 saturated heterocycles. The molecular weight excluding hydrogens is 442 g/mol. The molecule has 9 nitrogen and oxygen atoms in total. The summed E-state index contributed by atoms with van der Waals surface area (Å²) >= 11 is 0. The Morgan fingerprint density at radius 3 is 2.67 bits per heavy atom. The molecule has 0 bridgehead atoms. The number of amides is 2. The lowest BCUT2D eigenvalue weighted by Crippen LogP contribution is -2.43. The minimum atomic E-state index is -3.65. The number of pyridine rings is 1. The molecule has 0 unspecified atom stereocenters. The Kier molecular flexibility index (Phi) is 6.48. The smallest absolute Gasteiger partial charge is 0.251 e. The standard InChI is InChI=1S/C23H27N5O4S/c1-27(2)33(31,32)18-6-3-5-17(13-18)23(30)26-15-21(29)28-11-8-16(9-12-28)20-14-25-22-19(20)7-4-10-24-22/h3-7,10,13-14,16H,8-9,11-12,15H2,1-2H3,(H,24,25)(H,26,30). The van der Waals surface area contributed by atoms with Crippen LogP contribution in [0.5, 0.6) is 0 Å². The van der Waals surface area contributed by atoms with Crippen LogP contribution in [0, 0.1) is 0 Å². The number of nitrogens with zero attached hydrogens (tertiary/aromatic N) is 3. The summed E-state index contributed by atoms with van der Waals surface area (Å²) in [6.07, 6.45) is 5.44. The maximum atomic E-state index is 12.6. The summed E-state index contributed by atoms with van der Waals surface area (Å²) in [7, 11) is -0.787. The molecule has 10 heteroatoms. The highest BCUT2D eigenvalue weighted by Gasteiger charge is 2.26. The van der Waals surface area contributed by atoms with Gasteiger partial charge in [-0.3, -0.25) is 9.59 Å². The van der Waals surface area contributed by atoms with Crippen molar-refractivity contribution >= 4 is 32.9 Å². The van der Waals surface area contributed by atoms with Crippen molar-refractivity contribution in [3.05, 3.63) is 59.9 Å². The summed E-state index contributed by atoms with van der Waals surface area (Å²) < 4.78 is 25.7. The van der Waals surface area contributed by atoms with E-state index in [9.17, 15) is 18.0 Å². The van der Waals surface area contributed by atoms with Gasteiger partial charge in [0, 0.05) is 50.5 Å². The number of rotatable bonds is 6. The summed E-state index contributed by atoms with van der Waals surface area (Å²) in [4.78, 5) is 34.5. The van der Waals surface area contributed by atoms with E-state index < -0.39 is 15.9 Å². The zero-order chi connectivity index (χ0) is 23.6. The van der Waals surface area contributed by atoms with Crippen LogP contribution in [0.1, 0.15) is 34.7 Å². The normalized spacial score (nSPS) is 15.2. The molecule has 174 valence electrons. The van der Waals surface area contributed by atoms with Crippen molar-refractivity contribution in [2.75, 3.05) is 33.7 Å². The van der Waals surface area contributed by atoms with Gasteiger partial charge in [0.25, 0.3) is 5.91 Å². The second-order valence-corrected chi connectivity index (χ2v) is 10.4. The second kappa shape index (κ2) is 9.32. The predicted octanol–water partition coefficient (Wildman–Crippen LogP) is 1.95. The third-order valence-corrected chi connectivity index (χ3v) is 7.86. The molecule has 33 heavy (non-hydrogen) atoms. The van der Waals surface area contributed by atoms with E-state index in [4.69, 9.17) is 0 Å². The predicted molar refractivity (Wildman–Crippen MR) is 124 cm³/mol. The number of carbonyl (C=O) groups excluding carboxylic acids is 2. The summed E-state index contributed by atoms with van der Waals surface area (Å²) in [5.41, 5.74) is 2.29. The van der Waals surface area contributed by atoms with Crippen LogP contribution in [-0.2, 0) is 14.8 Å². The van der Waals surface area contributed by atoms with E-state index in [0.29, 0.717) is 19.0 Å².